The van der Waals surface area contributed by atoms with Gasteiger partial charge in [-0.3, -0.25) is 14.9 Å². The fourth-order valence-electron chi connectivity index (χ4n) is 2.75. The summed E-state index contributed by atoms with van der Waals surface area (Å²) in [6, 6.07) is 6.55. The molecule has 31 heavy (non-hydrogen) atoms. The Labute approximate surface area is 183 Å². The molecule has 9 nitrogen and oxygen atoms in total. The van der Waals surface area contributed by atoms with Crippen LogP contribution in [-0.4, -0.2) is 42.6 Å². The van der Waals surface area contributed by atoms with E-state index in [2.05, 4.69) is 21.2 Å². The first-order valence-electron chi connectivity index (χ1n) is 8.60. The maximum Gasteiger partial charge on any atom is 0.341 e. The van der Waals surface area contributed by atoms with E-state index in [0.29, 0.717) is 14.9 Å². The molecule has 1 heterocycles. The van der Waals surface area contributed by atoms with E-state index in [4.69, 9.17) is 14.6 Å². The molecular formula is C20H14BrFN2O7. The topological polar surface area (TPSA) is 122 Å². The molecule has 1 aliphatic heterocycles. The van der Waals surface area contributed by atoms with Crippen molar-refractivity contribution in [3.05, 3.63) is 57.8 Å². The number of hydrogen-bond acceptors (Lipinski definition) is 6. The maximum absolute atomic E-state index is 13.2. The summed E-state index contributed by atoms with van der Waals surface area (Å²) in [5.41, 5.74) is 0.0638. The molecule has 1 saturated heterocycles. The largest absolute Gasteiger partial charge is 0.493 e. The van der Waals surface area contributed by atoms with Crippen LogP contribution < -0.4 is 19.7 Å². The van der Waals surface area contributed by atoms with Crippen molar-refractivity contribution in [2.24, 2.45) is 0 Å². The number of urea groups is 1. The third kappa shape index (κ3) is 4.72. The van der Waals surface area contributed by atoms with Gasteiger partial charge in [0.05, 0.1) is 17.3 Å². The molecule has 0 radical (unpaired) electrons. The molecule has 4 amide bonds. The number of rotatable bonds is 6. The van der Waals surface area contributed by atoms with Crippen LogP contribution in [0.3, 0.4) is 0 Å². The second kappa shape index (κ2) is 8.96. The molecule has 1 fully saturated rings. The van der Waals surface area contributed by atoms with E-state index in [1.807, 2.05) is 0 Å². The van der Waals surface area contributed by atoms with Gasteiger partial charge in [-0.05, 0) is 64.0 Å². The Hall–Kier alpha value is -3.73. The molecule has 0 unspecified atom stereocenters. The van der Waals surface area contributed by atoms with E-state index in [1.165, 1.54) is 37.5 Å². The second-order valence-electron chi connectivity index (χ2n) is 6.15. The number of barbiturate groups is 1. The van der Waals surface area contributed by atoms with Gasteiger partial charge >= 0.3 is 12.0 Å². The van der Waals surface area contributed by atoms with Crippen LogP contribution in [0.25, 0.3) is 6.08 Å². The van der Waals surface area contributed by atoms with Crippen LogP contribution in [0.2, 0.25) is 0 Å². The first kappa shape index (κ1) is 22.0. The van der Waals surface area contributed by atoms with Gasteiger partial charge < -0.3 is 14.6 Å². The molecule has 0 saturated carbocycles. The van der Waals surface area contributed by atoms with Crippen LogP contribution >= 0.6 is 15.9 Å². The van der Waals surface area contributed by atoms with Gasteiger partial charge in [-0.15, -0.1) is 0 Å². The van der Waals surface area contributed by atoms with Gasteiger partial charge in [0.2, 0.25) is 0 Å². The number of methoxy groups -OCH3 is 1. The van der Waals surface area contributed by atoms with E-state index >= 15 is 0 Å². The van der Waals surface area contributed by atoms with E-state index < -0.39 is 36.2 Å². The summed E-state index contributed by atoms with van der Waals surface area (Å²) < 4.78 is 23.9. The fourth-order valence-corrected chi connectivity index (χ4v) is 3.32. The molecular weight excluding hydrogens is 479 g/mol. The van der Waals surface area contributed by atoms with Gasteiger partial charge in [0.1, 0.15) is 11.4 Å². The number of benzene rings is 2. The zero-order chi connectivity index (χ0) is 22.7. The van der Waals surface area contributed by atoms with Crippen molar-refractivity contribution in [1.82, 2.24) is 5.32 Å². The van der Waals surface area contributed by atoms with Gasteiger partial charge in [-0.2, -0.15) is 0 Å². The van der Waals surface area contributed by atoms with Crippen LogP contribution in [-0.2, 0) is 14.4 Å². The van der Waals surface area contributed by atoms with E-state index in [9.17, 15) is 23.6 Å². The van der Waals surface area contributed by atoms with E-state index in [1.54, 1.807) is 0 Å². The van der Waals surface area contributed by atoms with Gasteiger partial charge in [0.15, 0.2) is 18.1 Å². The lowest BCUT2D eigenvalue weighted by atomic mass is 10.1. The quantitative estimate of drug-likeness (QED) is 0.469. The summed E-state index contributed by atoms with van der Waals surface area (Å²) in [4.78, 5) is 48.8. The van der Waals surface area contributed by atoms with Crippen LogP contribution in [0, 0.1) is 5.82 Å². The van der Waals surface area contributed by atoms with Crippen molar-refractivity contribution in [2.45, 2.75) is 0 Å². The lowest BCUT2D eigenvalue weighted by Crippen LogP contribution is -2.54. The molecule has 0 bridgehead atoms. The molecule has 160 valence electrons. The fraction of sp³-hybridized carbons (Fsp3) is 0.100. The number of anilines is 1. The van der Waals surface area contributed by atoms with Crippen LogP contribution in [0.1, 0.15) is 5.56 Å². The predicted molar refractivity (Wildman–Crippen MR) is 109 cm³/mol. The highest BCUT2D eigenvalue weighted by Crippen LogP contribution is 2.37. The van der Waals surface area contributed by atoms with Gasteiger partial charge in [0, 0.05) is 0 Å². The molecule has 2 aromatic rings. The minimum atomic E-state index is -1.19. The molecule has 0 aliphatic carbocycles. The Morgan fingerprint density at radius 1 is 1.23 bits per heavy atom. The van der Waals surface area contributed by atoms with Crippen molar-refractivity contribution < 1.29 is 38.1 Å². The Kier molecular flexibility index (Phi) is 6.35. The zero-order valence-electron chi connectivity index (χ0n) is 15.8. The number of nitrogens with one attached hydrogen (secondary N) is 1. The molecule has 0 aromatic heterocycles. The number of imide groups is 2. The number of halogens is 2. The maximum atomic E-state index is 13.2. The van der Waals surface area contributed by atoms with E-state index in [-0.39, 0.29) is 22.8 Å². The minimum absolute atomic E-state index is 0.0819. The van der Waals surface area contributed by atoms with Crippen molar-refractivity contribution >= 4 is 51.5 Å². The number of amides is 4. The summed E-state index contributed by atoms with van der Waals surface area (Å²) in [6.45, 7) is -0.606. The third-order valence-electron chi connectivity index (χ3n) is 4.09. The van der Waals surface area contributed by atoms with Crippen molar-refractivity contribution in [1.29, 1.82) is 0 Å². The Balaban J connectivity index is 1.99. The number of carboxylic acids is 1. The smallest absolute Gasteiger partial charge is 0.341 e. The molecule has 1 aliphatic rings. The first-order chi connectivity index (χ1) is 14.7. The molecule has 0 atom stereocenters. The Morgan fingerprint density at radius 2 is 1.90 bits per heavy atom. The average Bonchev–Trinajstić information content (AvgIpc) is 2.71. The predicted octanol–water partition coefficient (Wildman–Crippen LogP) is 2.73. The summed E-state index contributed by atoms with van der Waals surface area (Å²) in [5, 5.41) is 10.9. The van der Waals surface area contributed by atoms with Crippen LogP contribution in [0.15, 0.2) is 46.4 Å². The SMILES string of the molecule is COc1cc(/C=C2\C(=O)NC(=O)N(c3ccc(F)cc3)C2=O)cc(Br)c1OCC(=O)O. The summed E-state index contributed by atoms with van der Waals surface area (Å²) in [5.74, 6) is -3.28. The van der Waals surface area contributed by atoms with Gasteiger partial charge in [-0.1, -0.05) is 0 Å². The summed E-state index contributed by atoms with van der Waals surface area (Å²) >= 11 is 3.24. The monoisotopic (exact) mass is 492 g/mol. The van der Waals surface area contributed by atoms with Crippen LogP contribution in [0.5, 0.6) is 11.5 Å². The Bertz CT molecular complexity index is 1120. The highest BCUT2D eigenvalue weighted by atomic mass is 79.9. The number of carbonyl (C=O) groups is 4. The van der Waals surface area contributed by atoms with Crippen molar-refractivity contribution in [2.75, 3.05) is 18.6 Å². The van der Waals surface area contributed by atoms with Gasteiger partial charge in [-0.25, -0.2) is 18.9 Å². The second-order valence-corrected chi connectivity index (χ2v) is 7.01. The van der Waals surface area contributed by atoms with Crippen molar-refractivity contribution in [3.63, 3.8) is 0 Å². The number of hydrogen-bond donors (Lipinski definition) is 2. The third-order valence-corrected chi connectivity index (χ3v) is 4.68. The molecule has 3 rings (SSSR count). The molecule has 2 aromatic carbocycles. The zero-order valence-corrected chi connectivity index (χ0v) is 17.4. The van der Waals surface area contributed by atoms with Crippen LogP contribution in [0.4, 0.5) is 14.9 Å². The number of ether oxygens (including phenoxy) is 2. The normalized spacial score (nSPS) is 15.1. The number of carbonyl (C=O) groups excluding carboxylic acids is 3. The molecule has 2 N–H and O–H groups in total. The molecule has 11 heteroatoms. The average molecular weight is 493 g/mol. The lowest BCUT2D eigenvalue weighted by Gasteiger charge is -2.26. The standard InChI is InChI=1S/C20H14BrFN2O7/c1-30-15-8-10(7-14(21)17(15)31-9-16(25)26)6-13-18(27)23-20(29)24(19(13)28)12-4-2-11(22)3-5-12/h2-8H,9H2,1H3,(H,25,26)(H,23,27,29)/b13-6+. The summed E-state index contributed by atoms with van der Waals surface area (Å²) in [7, 11) is 1.33. The highest BCUT2D eigenvalue weighted by molar-refractivity contribution is 9.10. The first-order valence-corrected chi connectivity index (χ1v) is 9.39. The van der Waals surface area contributed by atoms with Gasteiger partial charge in [0.25, 0.3) is 11.8 Å². The number of carboxylic acid groups (broad SMARTS) is 1. The number of nitrogens with zero attached hydrogens (tertiary/aromatic N) is 1. The highest BCUT2D eigenvalue weighted by Gasteiger charge is 2.36. The Morgan fingerprint density at radius 3 is 2.52 bits per heavy atom. The van der Waals surface area contributed by atoms with Crippen molar-refractivity contribution in [3.8, 4) is 11.5 Å². The lowest BCUT2D eigenvalue weighted by molar-refractivity contribution is -0.139. The minimum Gasteiger partial charge on any atom is -0.493 e. The molecule has 0 spiro atoms. The summed E-state index contributed by atoms with van der Waals surface area (Å²) in [6.07, 6.45) is 1.23. The van der Waals surface area contributed by atoms with E-state index in [0.717, 1.165) is 12.1 Å². The number of aliphatic carboxylic acids is 1.